The average molecular weight is 268 g/mol. The van der Waals surface area contributed by atoms with Gasteiger partial charge in [-0.25, -0.2) is 0 Å². The van der Waals surface area contributed by atoms with Gasteiger partial charge < -0.3 is 25.6 Å². The summed E-state index contributed by atoms with van der Waals surface area (Å²) >= 11 is 0. The lowest BCUT2D eigenvalue weighted by atomic mass is 10.2. The van der Waals surface area contributed by atoms with Crippen molar-refractivity contribution >= 4 is 5.91 Å². The first-order chi connectivity index (χ1) is 9.25. The smallest absolute Gasteiger partial charge is 0.255 e. The van der Waals surface area contributed by atoms with Crippen LogP contribution in [0.4, 0.5) is 0 Å². The number of aromatic hydroxyl groups is 1. The lowest BCUT2D eigenvalue weighted by Crippen LogP contribution is -2.27. The Morgan fingerprint density at radius 2 is 1.84 bits per heavy atom. The van der Waals surface area contributed by atoms with Crippen LogP contribution in [-0.2, 0) is 9.47 Å². The molecule has 0 saturated heterocycles. The Hall–Kier alpha value is -1.63. The SMILES string of the molecule is NCCOCCOCCNC(=O)c1ccccc1O. The molecule has 0 aliphatic heterocycles. The van der Waals surface area contributed by atoms with Crippen LogP contribution >= 0.6 is 0 Å². The zero-order valence-electron chi connectivity index (χ0n) is 10.8. The summed E-state index contributed by atoms with van der Waals surface area (Å²) in [7, 11) is 0. The molecular formula is C13H20N2O4. The van der Waals surface area contributed by atoms with Crippen molar-refractivity contribution in [3.05, 3.63) is 29.8 Å². The van der Waals surface area contributed by atoms with Crippen molar-refractivity contribution in [1.29, 1.82) is 0 Å². The molecule has 19 heavy (non-hydrogen) atoms. The Labute approximate surface area is 112 Å². The number of phenolic OH excluding ortho intramolecular Hbond substituents is 1. The van der Waals surface area contributed by atoms with E-state index in [9.17, 15) is 9.90 Å². The molecule has 0 heterocycles. The molecule has 0 aliphatic rings. The zero-order chi connectivity index (χ0) is 13.9. The number of hydrogen-bond acceptors (Lipinski definition) is 5. The fourth-order valence-electron chi connectivity index (χ4n) is 1.40. The quantitative estimate of drug-likeness (QED) is 0.553. The molecule has 6 heteroatoms. The van der Waals surface area contributed by atoms with E-state index in [0.29, 0.717) is 39.5 Å². The molecule has 0 aliphatic carbocycles. The van der Waals surface area contributed by atoms with Crippen LogP contribution in [0.1, 0.15) is 10.4 Å². The highest BCUT2D eigenvalue weighted by atomic mass is 16.5. The van der Waals surface area contributed by atoms with Gasteiger partial charge in [-0.2, -0.15) is 0 Å². The van der Waals surface area contributed by atoms with Crippen molar-refractivity contribution in [2.45, 2.75) is 0 Å². The Balaban J connectivity index is 2.10. The van der Waals surface area contributed by atoms with Crippen LogP contribution in [0, 0.1) is 0 Å². The molecule has 4 N–H and O–H groups in total. The normalized spacial score (nSPS) is 10.4. The van der Waals surface area contributed by atoms with Crippen LogP contribution in [0.25, 0.3) is 0 Å². The van der Waals surface area contributed by atoms with Crippen molar-refractivity contribution in [2.75, 3.05) is 39.5 Å². The van der Waals surface area contributed by atoms with E-state index in [1.807, 2.05) is 0 Å². The second-order valence-electron chi connectivity index (χ2n) is 3.79. The molecule has 0 unspecified atom stereocenters. The Morgan fingerprint density at radius 1 is 1.16 bits per heavy atom. The van der Waals surface area contributed by atoms with Crippen molar-refractivity contribution in [3.8, 4) is 5.75 Å². The van der Waals surface area contributed by atoms with Crippen LogP contribution in [0.3, 0.4) is 0 Å². The van der Waals surface area contributed by atoms with Crippen molar-refractivity contribution < 1.29 is 19.4 Å². The predicted molar refractivity (Wildman–Crippen MR) is 71.1 cm³/mol. The highest BCUT2D eigenvalue weighted by molar-refractivity contribution is 5.96. The summed E-state index contributed by atoms with van der Waals surface area (Å²) in [6.07, 6.45) is 0. The number of ether oxygens (including phenoxy) is 2. The number of para-hydroxylation sites is 1. The summed E-state index contributed by atoms with van der Waals surface area (Å²) < 4.78 is 10.4. The van der Waals surface area contributed by atoms with Crippen LogP contribution in [0.2, 0.25) is 0 Å². The van der Waals surface area contributed by atoms with Gasteiger partial charge in [0.2, 0.25) is 0 Å². The monoisotopic (exact) mass is 268 g/mol. The van der Waals surface area contributed by atoms with E-state index in [1.54, 1.807) is 18.2 Å². The first-order valence-electron chi connectivity index (χ1n) is 6.17. The minimum absolute atomic E-state index is 0.0314. The van der Waals surface area contributed by atoms with Gasteiger partial charge in [-0.1, -0.05) is 12.1 Å². The second-order valence-corrected chi connectivity index (χ2v) is 3.79. The molecular weight excluding hydrogens is 248 g/mol. The Bertz CT molecular complexity index is 385. The number of benzene rings is 1. The van der Waals surface area contributed by atoms with Gasteiger partial charge in [-0.05, 0) is 12.1 Å². The molecule has 0 bridgehead atoms. The number of nitrogens with two attached hydrogens (primary N) is 1. The fraction of sp³-hybridized carbons (Fsp3) is 0.462. The topological polar surface area (TPSA) is 93.8 Å². The minimum atomic E-state index is -0.318. The first-order valence-corrected chi connectivity index (χ1v) is 6.17. The van der Waals surface area contributed by atoms with E-state index in [0.717, 1.165) is 0 Å². The molecule has 0 aromatic heterocycles. The van der Waals surface area contributed by atoms with E-state index in [1.165, 1.54) is 6.07 Å². The number of amides is 1. The van der Waals surface area contributed by atoms with Crippen molar-refractivity contribution in [1.82, 2.24) is 5.32 Å². The molecule has 0 saturated carbocycles. The largest absolute Gasteiger partial charge is 0.507 e. The molecule has 0 fully saturated rings. The predicted octanol–water partition coefficient (Wildman–Crippen LogP) is 0.114. The number of rotatable bonds is 9. The number of carbonyl (C=O) groups excluding carboxylic acids is 1. The molecule has 0 atom stereocenters. The summed E-state index contributed by atoms with van der Waals surface area (Å²) in [5.74, 6) is -0.350. The van der Waals surface area contributed by atoms with Crippen molar-refractivity contribution in [3.63, 3.8) is 0 Å². The molecule has 1 aromatic rings. The van der Waals surface area contributed by atoms with E-state index < -0.39 is 0 Å². The fourth-order valence-corrected chi connectivity index (χ4v) is 1.40. The third kappa shape index (κ3) is 6.19. The highest BCUT2D eigenvalue weighted by Gasteiger charge is 2.08. The molecule has 0 radical (unpaired) electrons. The average Bonchev–Trinajstić information content (AvgIpc) is 2.42. The van der Waals surface area contributed by atoms with Gasteiger partial charge in [0.25, 0.3) is 5.91 Å². The number of hydrogen-bond donors (Lipinski definition) is 3. The van der Waals surface area contributed by atoms with E-state index >= 15 is 0 Å². The molecule has 1 amide bonds. The molecule has 1 aromatic carbocycles. The maximum absolute atomic E-state index is 11.7. The van der Waals surface area contributed by atoms with Crippen molar-refractivity contribution in [2.24, 2.45) is 5.73 Å². The van der Waals surface area contributed by atoms with Gasteiger partial charge >= 0.3 is 0 Å². The maximum atomic E-state index is 11.7. The molecule has 0 spiro atoms. The number of nitrogens with one attached hydrogen (secondary N) is 1. The van der Waals surface area contributed by atoms with Gasteiger partial charge in [0.1, 0.15) is 5.75 Å². The third-order valence-electron chi connectivity index (χ3n) is 2.31. The summed E-state index contributed by atoms with van der Waals surface area (Å²) in [5.41, 5.74) is 5.52. The van der Waals surface area contributed by atoms with E-state index in [2.05, 4.69) is 5.32 Å². The van der Waals surface area contributed by atoms with Gasteiger partial charge in [0.15, 0.2) is 0 Å². The number of carbonyl (C=O) groups is 1. The molecule has 1 rings (SSSR count). The van der Waals surface area contributed by atoms with Crippen LogP contribution in [0.15, 0.2) is 24.3 Å². The van der Waals surface area contributed by atoms with Crippen LogP contribution in [-0.4, -0.2) is 50.5 Å². The Morgan fingerprint density at radius 3 is 2.53 bits per heavy atom. The lowest BCUT2D eigenvalue weighted by Gasteiger charge is -2.07. The number of phenols is 1. The van der Waals surface area contributed by atoms with Crippen LogP contribution in [0.5, 0.6) is 5.75 Å². The third-order valence-corrected chi connectivity index (χ3v) is 2.31. The maximum Gasteiger partial charge on any atom is 0.255 e. The summed E-state index contributed by atoms with van der Waals surface area (Å²) in [5, 5.41) is 12.1. The minimum Gasteiger partial charge on any atom is -0.507 e. The highest BCUT2D eigenvalue weighted by Crippen LogP contribution is 2.14. The van der Waals surface area contributed by atoms with Gasteiger partial charge in [-0.15, -0.1) is 0 Å². The molecule has 6 nitrogen and oxygen atoms in total. The first kappa shape index (κ1) is 15.4. The Kier molecular flexibility index (Phi) is 7.57. The van der Waals surface area contributed by atoms with Crippen LogP contribution < -0.4 is 11.1 Å². The van der Waals surface area contributed by atoms with E-state index in [4.69, 9.17) is 15.2 Å². The second kappa shape index (κ2) is 9.32. The van der Waals surface area contributed by atoms with Gasteiger partial charge in [0, 0.05) is 13.1 Å². The van der Waals surface area contributed by atoms with E-state index in [-0.39, 0.29) is 17.2 Å². The molecule has 106 valence electrons. The standard InChI is InChI=1S/C13H20N2O4/c14-5-7-18-9-10-19-8-6-15-13(17)11-3-1-2-4-12(11)16/h1-4,16H,5-10,14H2,(H,15,17). The van der Waals surface area contributed by atoms with Gasteiger partial charge in [0.05, 0.1) is 32.0 Å². The summed E-state index contributed by atoms with van der Waals surface area (Å²) in [6.45, 7) is 2.75. The summed E-state index contributed by atoms with van der Waals surface area (Å²) in [6, 6.07) is 6.39. The zero-order valence-corrected chi connectivity index (χ0v) is 10.8. The summed E-state index contributed by atoms with van der Waals surface area (Å²) in [4.78, 5) is 11.7. The lowest BCUT2D eigenvalue weighted by molar-refractivity contribution is 0.0511. The van der Waals surface area contributed by atoms with Gasteiger partial charge in [-0.3, -0.25) is 4.79 Å².